The number of carbonyl (C=O) groups excluding carboxylic acids is 5. The minimum absolute atomic E-state index is 0.00995. The smallest absolute Gasteiger partial charge is 0.236 e. The molecule has 2 amide bonds. The number of nitrogens with zero attached hydrogens (tertiary/aromatic N) is 2. The number of likely N-dealkylation sites (tertiary alicyclic amines) is 1. The summed E-state index contributed by atoms with van der Waals surface area (Å²) in [7, 11) is 11.7. The van der Waals surface area contributed by atoms with Crippen LogP contribution in [0.4, 0.5) is 0 Å². The van der Waals surface area contributed by atoms with Crippen molar-refractivity contribution < 1.29 is 38.6 Å². The fraction of sp³-hybridized carbons (Fsp3) is 0.732. The Balaban J connectivity index is -0.000000218. The van der Waals surface area contributed by atoms with Gasteiger partial charge in [0.2, 0.25) is 12.3 Å². The molecule has 0 aromatic heterocycles. The molecule has 0 radical (unpaired) electrons. The van der Waals surface area contributed by atoms with Gasteiger partial charge in [-0.1, -0.05) is 78.8 Å². The van der Waals surface area contributed by atoms with Gasteiger partial charge in [-0.2, -0.15) is 0 Å². The number of hydrogen-bond donors (Lipinski definition) is 4. The van der Waals surface area contributed by atoms with Crippen molar-refractivity contribution >= 4 is 31.2 Å². The maximum Gasteiger partial charge on any atom is 0.236 e. The van der Waals surface area contributed by atoms with Crippen LogP contribution in [0.2, 0.25) is 0 Å². The van der Waals surface area contributed by atoms with E-state index < -0.39 is 0 Å². The Hall–Kier alpha value is -3.07. The Kier molecular flexibility index (Phi) is 44.2. The molecule has 0 aromatic carbocycles. The van der Waals surface area contributed by atoms with Crippen LogP contribution >= 0.6 is 0 Å². The van der Waals surface area contributed by atoms with Crippen LogP contribution < -0.4 is 16.4 Å². The number of hydrogen-bond acceptors (Lipinski definition) is 11. The van der Waals surface area contributed by atoms with Crippen LogP contribution in [0.3, 0.4) is 0 Å². The number of methoxy groups -OCH3 is 2. The Morgan fingerprint density at radius 2 is 1.61 bits per heavy atom. The van der Waals surface area contributed by atoms with Crippen molar-refractivity contribution in [3.8, 4) is 0 Å². The number of carbonyl (C=O) groups is 5. The van der Waals surface area contributed by atoms with Crippen LogP contribution in [-0.2, 0) is 33.4 Å². The van der Waals surface area contributed by atoms with E-state index >= 15 is 0 Å². The molecule has 1 rings (SSSR count). The van der Waals surface area contributed by atoms with Crippen molar-refractivity contribution in [1.29, 1.82) is 0 Å². The average Bonchev–Trinajstić information content (AvgIpc) is 3.59. The molecule has 1 fully saturated rings. The van der Waals surface area contributed by atoms with E-state index in [-0.39, 0.29) is 53.9 Å². The molecule has 0 aromatic rings. The van der Waals surface area contributed by atoms with E-state index in [9.17, 15) is 19.2 Å². The summed E-state index contributed by atoms with van der Waals surface area (Å²) >= 11 is 0. The highest BCUT2D eigenvalue weighted by molar-refractivity contribution is 5.78. The Bertz CT molecular complexity index is 995. The van der Waals surface area contributed by atoms with Crippen molar-refractivity contribution in [1.82, 2.24) is 20.4 Å². The lowest BCUT2D eigenvalue weighted by Crippen LogP contribution is -2.51. The van der Waals surface area contributed by atoms with Crippen LogP contribution in [0.25, 0.3) is 0 Å². The van der Waals surface area contributed by atoms with Gasteiger partial charge < -0.3 is 55.1 Å². The summed E-state index contributed by atoms with van der Waals surface area (Å²) in [4.78, 5) is 56.8. The molecule has 1 aliphatic rings. The highest BCUT2D eigenvalue weighted by Crippen LogP contribution is 2.30. The van der Waals surface area contributed by atoms with E-state index in [0.717, 1.165) is 50.9 Å². The van der Waals surface area contributed by atoms with E-state index in [1.165, 1.54) is 12.8 Å². The maximum absolute atomic E-state index is 11.9. The average molecular weight is 772 g/mol. The predicted octanol–water partition coefficient (Wildman–Crippen LogP) is 4.23. The Labute approximate surface area is 329 Å². The molecule has 1 saturated heterocycles. The standard InChI is InChI=1S/C18H29NO2.C13H26N2O3.C5H11NO.C3H8.CH3NO.CH4O/c1-6-9-15(7-2)12-16(13-20)14(3)18(21-5)17-10-8-11-19(17)4;1-6-10(2)13(11(18-5)7-8-16)15(4)12(17)9-14-3;1-5(2,4-7)6-3;1-3-2;2-1-3;1-2/h6-7,9,13-14,16-18H,1-2,8,10-12H2,3-5H3;8,10-11,13-14H,6-7,9H2,1-5H3;4,6H,1-3H3;3H2,1-2H3;1H,(H2,2,3);2H,1H3/b15-9+;;;;;. The van der Waals surface area contributed by atoms with Crippen LogP contribution in [0, 0.1) is 17.8 Å². The Morgan fingerprint density at radius 1 is 1.07 bits per heavy atom. The molecule has 1 aliphatic heterocycles. The largest absolute Gasteiger partial charge is 0.400 e. The molecular weight excluding hydrogens is 690 g/mol. The van der Waals surface area contributed by atoms with Crippen LogP contribution in [0.1, 0.15) is 87.0 Å². The number of nitrogens with one attached hydrogen (secondary N) is 2. The van der Waals surface area contributed by atoms with Gasteiger partial charge in [-0.25, -0.2) is 0 Å². The summed E-state index contributed by atoms with van der Waals surface area (Å²) in [6.45, 7) is 23.1. The fourth-order valence-electron chi connectivity index (χ4n) is 5.53. The summed E-state index contributed by atoms with van der Waals surface area (Å²) in [6, 6.07) is 0.328. The monoisotopic (exact) mass is 772 g/mol. The zero-order chi connectivity index (χ0) is 43.3. The van der Waals surface area contributed by atoms with E-state index in [1.807, 2.05) is 19.9 Å². The first-order valence-corrected chi connectivity index (χ1v) is 18.8. The van der Waals surface area contributed by atoms with Gasteiger partial charge in [-0.3, -0.25) is 9.59 Å². The number of aliphatic hydroxyl groups excluding tert-OH is 1. The molecule has 7 atom stereocenters. The lowest BCUT2D eigenvalue weighted by molar-refractivity contribution is -0.136. The minimum Gasteiger partial charge on any atom is -0.400 e. The zero-order valence-corrected chi connectivity index (χ0v) is 36.4. The van der Waals surface area contributed by atoms with E-state index in [0.29, 0.717) is 25.4 Å². The molecule has 13 nitrogen and oxygen atoms in total. The van der Waals surface area contributed by atoms with Gasteiger partial charge in [0, 0.05) is 46.8 Å². The highest BCUT2D eigenvalue weighted by Gasteiger charge is 2.36. The lowest BCUT2D eigenvalue weighted by Gasteiger charge is -2.37. The highest BCUT2D eigenvalue weighted by atomic mass is 16.5. The van der Waals surface area contributed by atoms with Crippen molar-refractivity contribution in [3.63, 3.8) is 0 Å². The number of rotatable bonds is 20. The van der Waals surface area contributed by atoms with E-state index in [4.69, 9.17) is 19.4 Å². The number of allylic oxidation sites excluding steroid dienone is 4. The summed E-state index contributed by atoms with van der Waals surface area (Å²) in [5, 5.41) is 12.7. The van der Waals surface area contributed by atoms with Crippen molar-refractivity contribution in [3.05, 3.63) is 37.0 Å². The molecule has 13 heteroatoms. The first-order valence-electron chi connectivity index (χ1n) is 18.8. The number of ether oxygens (including phenoxy) is 2. The number of primary amides is 1. The summed E-state index contributed by atoms with van der Waals surface area (Å²) in [5.41, 5.74) is 4.86. The molecule has 5 N–H and O–H groups in total. The maximum atomic E-state index is 11.9. The molecule has 0 spiro atoms. The summed E-state index contributed by atoms with van der Waals surface area (Å²) in [5.74, 6) is 0.399. The van der Waals surface area contributed by atoms with Crippen LogP contribution in [0.5, 0.6) is 0 Å². The minimum atomic E-state index is -0.347. The second-order valence-corrected chi connectivity index (χ2v) is 13.5. The second-order valence-electron chi connectivity index (χ2n) is 13.5. The fourth-order valence-corrected chi connectivity index (χ4v) is 5.53. The molecule has 0 saturated carbocycles. The molecule has 1 heterocycles. The number of amides is 2. The van der Waals surface area contributed by atoms with Crippen molar-refractivity contribution in [2.75, 3.05) is 62.6 Å². The van der Waals surface area contributed by atoms with E-state index in [2.05, 4.69) is 76.1 Å². The molecule has 54 heavy (non-hydrogen) atoms. The van der Waals surface area contributed by atoms with Crippen LogP contribution in [0.15, 0.2) is 37.0 Å². The molecule has 0 bridgehead atoms. The topological polar surface area (TPSA) is 181 Å². The van der Waals surface area contributed by atoms with Crippen molar-refractivity contribution in [2.45, 2.75) is 117 Å². The molecule has 0 aliphatic carbocycles. The van der Waals surface area contributed by atoms with Gasteiger partial charge in [0.05, 0.1) is 30.3 Å². The van der Waals surface area contributed by atoms with Crippen LogP contribution in [-0.4, -0.2) is 139 Å². The number of likely N-dealkylation sites (N-methyl/N-ethyl adjacent to an activating group) is 4. The van der Waals surface area contributed by atoms with Gasteiger partial charge in [0.15, 0.2) is 0 Å². The SMILES string of the molecule is C=C/C=C(\C=C)CC(C=O)C(C)C(OC)C1CCCN1C.CCC.CCC(C)C(C(CC=O)OC)N(C)C(=O)CNC.CNC(C)(C)C=O.CO.NC=O. The van der Waals surface area contributed by atoms with Gasteiger partial charge in [0.1, 0.15) is 18.9 Å². The molecule has 318 valence electrons. The Morgan fingerprint density at radius 3 is 1.91 bits per heavy atom. The lowest BCUT2D eigenvalue weighted by atomic mass is 9.82. The number of nitrogens with two attached hydrogens (primary N) is 1. The first kappa shape index (κ1) is 60.2. The van der Waals surface area contributed by atoms with Gasteiger partial charge in [-0.15, -0.1) is 0 Å². The summed E-state index contributed by atoms with van der Waals surface area (Å²) in [6.07, 6.45) is 13.9. The van der Waals surface area contributed by atoms with Gasteiger partial charge in [-0.05, 0) is 78.2 Å². The first-order chi connectivity index (χ1) is 25.6. The third-order valence-corrected chi connectivity index (χ3v) is 9.01. The third kappa shape index (κ3) is 27.5. The van der Waals surface area contributed by atoms with Crippen molar-refractivity contribution in [2.24, 2.45) is 23.5 Å². The number of aliphatic hydroxyl groups is 1. The number of aldehydes is 3. The summed E-state index contributed by atoms with van der Waals surface area (Å²) < 4.78 is 11.1. The van der Waals surface area contributed by atoms with Gasteiger partial charge >= 0.3 is 0 Å². The quantitative estimate of drug-likeness (QED) is 0.103. The normalized spacial score (nSPS) is 16.9. The second kappa shape index (κ2) is 39.6. The van der Waals surface area contributed by atoms with Gasteiger partial charge in [0.25, 0.3) is 0 Å². The molecular formula is C41H81N5O8. The third-order valence-electron chi connectivity index (χ3n) is 9.01. The predicted molar refractivity (Wildman–Crippen MR) is 223 cm³/mol. The molecule has 7 unspecified atom stereocenters. The van der Waals surface area contributed by atoms with E-state index in [1.54, 1.807) is 52.4 Å². The zero-order valence-electron chi connectivity index (χ0n) is 36.4.